The van der Waals surface area contributed by atoms with Gasteiger partial charge in [-0.15, -0.1) is 0 Å². The Labute approximate surface area is 131 Å². The van der Waals surface area contributed by atoms with Crippen molar-refractivity contribution in [2.75, 3.05) is 5.32 Å². The molecule has 21 heavy (non-hydrogen) atoms. The predicted octanol–water partition coefficient (Wildman–Crippen LogP) is 4.20. The van der Waals surface area contributed by atoms with E-state index in [9.17, 15) is 0 Å². The number of thiocarbonyl (C=S) groups is 1. The van der Waals surface area contributed by atoms with E-state index in [-0.39, 0.29) is 0 Å². The lowest BCUT2D eigenvalue weighted by Crippen LogP contribution is -2.15. The number of benzene rings is 1. The van der Waals surface area contributed by atoms with Crippen LogP contribution < -0.4 is 11.1 Å². The van der Waals surface area contributed by atoms with Gasteiger partial charge in [0.05, 0.1) is 5.56 Å². The van der Waals surface area contributed by atoms with E-state index in [0.717, 1.165) is 28.3 Å². The Hall–Kier alpha value is -1.94. The Morgan fingerprint density at radius 2 is 1.81 bits per heavy atom. The van der Waals surface area contributed by atoms with E-state index in [2.05, 4.69) is 48.4 Å². The smallest absolute Gasteiger partial charge is 0.141 e. The number of rotatable bonds is 4. The molecule has 110 valence electrons. The molecule has 0 aliphatic carbocycles. The molecule has 0 bridgehead atoms. The molecule has 0 radical (unpaired) electrons. The maximum atomic E-state index is 5.83. The van der Waals surface area contributed by atoms with Gasteiger partial charge in [0.2, 0.25) is 0 Å². The second-order valence-electron chi connectivity index (χ2n) is 5.57. The third-order valence-corrected chi connectivity index (χ3v) is 3.64. The second-order valence-corrected chi connectivity index (χ2v) is 6.01. The van der Waals surface area contributed by atoms with Gasteiger partial charge in [-0.1, -0.05) is 38.2 Å². The monoisotopic (exact) mass is 299 g/mol. The molecule has 0 saturated heterocycles. The molecule has 1 aromatic carbocycles. The van der Waals surface area contributed by atoms with E-state index < -0.39 is 0 Å². The van der Waals surface area contributed by atoms with Crippen molar-refractivity contribution >= 4 is 28.7 Å². The van der Waals surface area contributed by atoms with Crippen LogP contribution in [-0.4, -0.2) is 9.97 Å². The zero-order chi connectivity index (χ0) is 15.6. The number of pyridine rings is 1. The highest BCUT2D eigenvalue weighted by Crippen LogP contribution is 2.24. The number of nitrogens with one attached hydrogen (secondary N) is 1. The zero-order valence-corrected chi connectivity index (χ0v) is 13.7. The van der Waals surface area contributed by atoms with Gasteiger partial charge in [-0.2, -0.15) is 0 Å². The van der Waals surface area contributed by atoms with Crippen molar-refractivity contribution in [3.8, 4) is 0 Å². The summed E-state index contributed by atoms with van der Waals surface area (Å²) in [5.74, 6) is 1.24. The summed E-state index contributed by atoms with van der Waals surface area (Å²) in [6, 6.07) is 10.3. The van der Waals surface area contributed by atoms with E-state index in [4.69, 9.17) is 18.0 Å². The predicted molar refractivity (Wildman–Crippen MR) is 93.4 cm³/mol. The topological polar surface area (TPSA) is 50.9 Å². The molecule has 0 unspecified atom stereocenters. The number of nitrogens with zero attached hydrogens (tertiary/aromatic N) is 1. The Morgan fingerprint density at radius 3 is 2.33 bits per heavy atom. The van der Waals surface area contributed by atoms with E-state index in [1.165, 1.54) is 5.56 Å². The fourth-order valence-electron chi connectivity index (χ4n) is 2.33. The molecular weight excluding hydrogens is 278 g/mol. The highest BCUT2D eigenvalue weighted by Gasteiger charge is 2.11. The highest BCUT2D eigenvalue weighted by molar-refractivity contribution is 7.80. The van der Waals surface area contributed by atoms with Crippen LogP contribution in [0.25, 0.3) is 0 Å². The van der Waals surface area contributed by atoms with Gasteiger partial charge in [-0.3, -0.25) is 0 Å². The van der Waals surface area contributed by atoms with E-state index in [0.29, 0.717) is 10.9 Å². The first-order valence-electron chi connectivity index (χ1n) is 7.03. The molecule has 0 atom stereocenters. The van der Waals surface area contributed by atoms with Gasteiger partial charge in [0.1, 0.15) is 10.8 Å². The van der Waals surface area contributed by atoms with Gasteiger partial charge in [0.15, 0.2) is 0 Å². The largest absolute Gasteiger partial charge is 0.389 e. The van der Waals surface area contributed by atoms with Crippen LogP contribution in [0.1, 0.15) is 42.1 Å². The number of aryl methyl sites for hydroxylation is 2. The molecule has 0 aliphatic heterocycles. The number of hydrogen-bond donors (Lipinski definition) is 2. The lowest BCUT2D eigenvalue weighted by Gasteiger charge is -2.14. The molecule has 1 heterocycles. The second kappa shape index (κ2) is 6.22. The average molecular weight is 299 g/mol. The van der Waals surface area contributed by atoms with Crippen molar-refractivity contribution in [1.29, 1.82) is 0 Å². The van der Waals surface area contributed by atoms with E-state index in [1.807, 2.05) is 19.9 Å². The minimum absolute atomic E-state index is 0.362. The Morgan fingerprint density at radius 1 is 1.19 bits per heavy atom. The summed E-state index contributed by atoms with van der Waals surface area (Å²) in [7, 11) is 0. The lowest BCUT2D eigenvalue weighted by atomic mass is 10.0. The fraction of sp³-hybridized carbons (Fsp3) is 0.294. The zero-order valence-electron chi connectivity index (χ0n) is 12.9. The molecule has 0 aliphatic rings. The number of anilines is 2. The van der Waals surface area contributed by atoms with Crippen LogP contribution in [0.15, 0.2) is 30.3 Å². The molecule has 2 aromatic rings. The summed E-state index contributed by atoms with van der Waals surface area (Å²) < 4.78 is 0. The molecule has 0 fully saturated rings. The third kappa shape index (κ3) is 3.58. The first-order valence-corrected chi connectivity index (χ1v) is 7.44. The average Bonchev–Trinajstić information content (AvgIpc) is 2.37. The molecule has 0 spiro atoms. The number of hydrogen-bond acceptors (Lipinski definition) is 3. The quantitative estimate of drug-likeness (QED) is 0.831. The summed E-state index contributed by atoms with van der Waals surface area (Å²) >= 11 is 5.15. The normalized spacial score (nSPS) is 10.7. The summed E-state index contributed by atoms with van der Waals surface area (Å²) in [5.41, 5.74) is 10.9. The maximum absolute atomic E-state index is 5.83. The number of aromatic nitrogens is 1. The van der Waals surface area contributed by atoms with E-state index >= 15 is 0 Å². The SMILES string of the molecule is Cc1cc(C)c(C(N)=S)c(Nc2ccc(C(C)C)cc2)n1. The van der Waals surface area contributed by atoms with Crippen molar-refractivity contribution in [2.45, 2.75) is 33.6 Å². The first-order chi connectivity index (χ1) is 9.88. The van der Waals surface area contributed by atoms with Crippen LogP contribution >= 0.6 is 12.2 Å². The van der Waals surface area contributed by atoms with Gasteiger partial charge >= 0.3 is 0 Å². The van der Waals surface area contributed by atoms with Crippen LogP contribution in [0.4, 0.5) is 11.5 Å². The van der Waals surface area contributed by atoms with Gasteiger partial charge in [-0.05, 0) is 49.1 Å². The van der Waals surface area contributed by atoms with Crippen LogP contribution in [-0.2, 0) is 0 Å². The Kier molecular flexibility index (Phi) is 4.58. The Bertz CT molecular complexity index is 660. The first kappa shape index (κ1) is 15.4. The van der Waals surface area contributed by atoms with Crippen molar-refractivity contribution < 1.29 is 0 Å². The lowest BCUT2D eigenvalue weighted by molar-refractivity contribution is 0.867. The highest BCUT2D eigenvalue weighted by atomic mass is 32.1. The van der Waals surface area contributed by atoms with Gasteiger partial charge in [-0.25, -0.2) is 4.98 Å². The van der Waals surface area contributed by atoms with Crippen molar-refractivity contribution in [2.24, 2.45) is 5.73 Å². The van der Waals surface area contributed by atoms with Gasteiger partial charge in [0, 0.05) is 11.4 Å². The molecule has 2 rings (SSSR count). The fourth-order valence-corrected chi connectivity index (χ4v) is 2.58. The van der Waals surface area contributed by atoms with Crippen LogP contribution in [0, 0.1) is 13.8 Å². The number of nitrogens with two attached hydrogens (primary N) is 1. The van der Waals surface area contributed by atoms with Crippen molar-refractivity contribution in [3.63, 3.8) is 0 Å². The maximum Gasteiger partial charge on any atom is 0.141 e. The molecule has 4 heteroatoms. The minimum atomic E-state index is 0.362. The molecule has 1 aromatic heterocycles. The molecule has 3 nitrogen and oxygen atoms in total. The molecule has 0 amide bonds. The molecule has 0 saturated carbocycles. The summed E-state index contributed by atoms with van der Waals surface area (Å²) in [4.78, 5) is 4.89. The van der Waals surface area contributed by atoms with Crippen molar-refractivity contribution in [1.82, 2.24) is 4.98 Å². The minimum Gasteiger partial charge on any atom is -0.389 e. The van der Waals surface area contributed by atoms with Gasteiger partial charge in [0.25, 0.3) is 0 Å². The standard InChI is InChI=1S/C17H21N3S/c1-10(2)13-5-7-14(8-6-13)20-17-15(16(18)21)11(3)9-12(4)19-17/h5-10H,1-4H3,(H2,18,21)(H,19,20). The summed E-state index contributed by atoms with van der Waals surface area (Å²) in [6.45, 7) is 8.32. The summed E-state index contributed by atoms with van der Waals surface area (Å²) in [6.07, 6.45) is 0. The third-order valence-electron chi connectivity index (χ3n) is 3.43. The molecule has 3 N–H and O–H groups in total. The van der Waals surface area contributed by atoms with Crippen LogP contribution in [0.3, 0.4) is 0 Å². The Balaban J connectivity index is 2.37. The summed E-state index contributed by atoms with van der Waals surface area (Å²) in [5, 5.41) is 3.32. The molecular formula is C17H21N3S. The van der Waals surface area contributed by atoms with Crippen LogP contribution in [0.2, 0.25) is 0 Å². The van der Waals surface area contributed by atoms with Crippen molar-refractivity contribution in [3.05, 3.63) is 52.7 Å². The van der Waals surface area contributed by atoms with E-state index in [1.54, 1.807) is 0 Å². The van der Waals surface area contributed by atoms with Gasteiger partial charge < -0.3 is 11.1 Å². The van der Waals surface area contributed by atoms with Crippen LogP contribution in [0.5, 0.6) is 0 Å².